The summed E-state index contributed by atoms with van der Waals surface area (Å²) in [6.45, 7) is 1.70. The van der Waals surface area contributed by atoms with Crippen molar-refractivity contribution in [1.29, 1.82) is 0 Å². The van der Waals surface area contributed by atoms with Crippen LogP contribution in [0.1, 0.15) is 11.6 Å². The van der Waals surface area contributed by atoms with Crippen LogP contribution in [0.3, 0.4) is 0 Å². The molecule has 2 heterocycles. The molecule has 1 unspecified atom stereocenters. The molecule has 1 aliphatic rings. The number of aromatic nitrogens is 1. The van der Waals surface area contributed by atoms with Crippen molar-refractivity contribution in [3.63, 3.8) is 0 Å². The zero-order valence-corrected chi connectivity index (χ0v) is 14.5. The molecule has 0 aliphatic carbocycles. The summed E-state index contributed by atoms with van der Waals surface area (Å²) in [5.41, 5.74) is 1.00. The van der Waals surface area contributed by atoms with Gasteiger partial charge in [0, 0.05) is 42.8 Å². The number of pyridine rings is 1. The van der Waals surface area contributed by atoms with Gasteiger partial charge in [0.15, 0.2) is 0 Å². The van der Waals surface area contributed by atoms with Crippen LogP contribution in [0.25, 0.3) is 10.8 Å². The largest absolute Gasteiger partial charge is 0.313 e. The molecule has 0 radical (unpaired) electrons. The highest BCUT2D eigenvalue weighted by atomic mass is 32.2. The van der Waals surface area contributed by atoms with Crippen molar-refractivity contribution in [1.82, 2.24) is 14.6 Å². The average molecular weight is 353 g/mol. The molecule has 1 atom stereocenters. The predicted octanol–water partition coefficient (Wildman–Crippen LogP) is 2.57. The van der Waals surface area contributed by atoms with Gasteiger partial charge >= 0.3 is 0 Å². The molecule has 3 aromatic rings. The van der Waals surface area contributed by atoms with Gasteiger partial charge in [-0.25, -0.2) is 8.42 Å². The third-order valence-electron chi connectivity index (χ3n) is 4.61. The Morgan fingerprint density at radius 3 is 2.72 bits per heavy atom. The summed E-state index contributed by atoms with van der Waals surface area (Å²) in [4.78, 5) is 4.44. The second kappa shape index (κ2) is 6.55. The molecule has 4 rings (SSSR count). The highest BCUT2D eigenvalue weighted by Crippen LogP contribution is 2.31. The lowest BCUT2D eigenvalue weighted by molar-refractivity contribution is 0.272. The maximum absolute atomic E-state index is 13.5. The molecule has 0 bridgehead atoms. The second-order valence-electron chi connectivity index (χ2n) is 6.10. The van der Waals surface area contributed by atoms with Crippen molar-refractivity contribution in [2.45, 2.75) is 10.9 Å². The molecule has 6 heteroatoms. The van der Waals surface area contributed by atoms with Crippen molar-refractivity contribution in [3.05, 3.63) is 72.6 Å². The minimum atomic E-state index is -3.62. The van der Waals surface area contributed by atoms with Gasteiger partial charge < -0.3 is 5.32 Å². The standard InChI is InChI=1S/C19H19N3O2S/c23-25(24,19-8-4-7-16-13-20-10-9-17(16)19)22-12-11-21-14-18(22)15-5-2-1-3-6-15/h1-10,13,18,21H,11-12,14H2. The number of nitrogens with one attached hydrogen (secondary N) is 1. The number of benzene rings is 2. The molecule has 25 heavy (non-hydrogen) atoms. The molecule has 1 saturated heterocycles. The number of sulfonamides is 1. The Morgan fingerprint density at radius 2 is 1.88 bits per heavy atom. The van der Waals surface area contributed by atoms with E-state index in [9.17, 15) is 8.42 Å². The van der Waals surface area contributed by atoms with Crippen molar-refractivity contribution in [3.8, 4) is 0 Å². The summed E-state index contributed by atoms with van der Waals surface area (Å²) < 4.78 is 28.5. The van der Waals surface area contributed by atoms with Crippen LogP contribution in [0, 0.1) is 0 Å². The second-order valence-corrected chi connectivity index (χ2v) is 7.96. The van der Waals surface area contributed by atoms with E-state index in [2.05, 4.69) is 10.3 Å². The highest BCUT2D eigenvalue weighted by Gasteiger charge is 2.35. The van der Waals surface area contributed by atoms with E-state index in [1.807, 2.05) is 36.4 Å². The number of rotatable bonds is 3. The van der Waals surface area contributed by atoms with Gasteiger partial charge in [-0.3, -0.25) is 4.98 Å². The van der Waals surface area contributed by atoms with Gasteiger partial charge in [0.2, 0.25) is 10.0 Å². The zero-order chi connectivity index (χ0) is 17.3. The Labute approximate surface area is 147 Å². The van der Waals surface area contributed by atoms with Crippen LogP contribution in [0.5, 0.6) is 0 Å². The van der Waals surface area contributed by atoms with Crippen LogP contribution in [0.2, 0.25) is 0 Å². The quantitative estimate of drug-likeness (QED) is 0.786. The van der Waals surface area contributed by atoms with Gasteiger partial charge in [-0.05, 0) is 17.7 Å². The molecule has 2 aromatic carbocycles. The molecule has 0 saturated carbocycles. The SMILES string of the molecule is O=S(=O)(c1cccc2cnccc12)N1CCNCC1c1ccccc1. The van der Waals surface area contributed by atoms with E-state index in [0.29, 0.717) is 29.9 Å². The summed E-state index contributed by atoms with van der Waals surface area (Å²) >= 11 is 0. The number of fused-ring (bicyclic) bond motifs is 1. The zero-order valence-electron chi connectivity index (χ0n) is 13.7. The maximum Gasteiger partial charge on any atom is 0.244 e. The molecular weight excluding hydrogens is 334 g/mol. The molecule has 5 nitrogen and oxygen atoms in total. The molecule has 1 fully saturated rings. The maximum atomic E-state index is 13.5. The lowest BCUT2D eigenvalue weighted by atomic mass is 10.1. The van der Waals surface area contributed by atoms with Gasteiger partial charge in [-0.15, -0.1) is 0 Å². The van der Waals surface area contributed by atoms with E-state index in [1.54, 1.807) is 34.9 Å². The highest BCUT2D eigenvalue weighted by molar-refractivity contribution is 7.89. The normalized spacial score (nSPS) is 19.1. The fourth-order valence-corrected chi connectivity index (χ4v) is 5.21. The summed E-state index contributed by atoms with van der Waals surface area (Å²) in [6.07, 6.45) is 3.33. The van der Waals surface area contributed by atoms with Gasteiger partial charge in [-0.2, -0.15) is 4.31 Å². The van der Waals surface area contributed by atoms with Crippen molar-refractivity contribution in [2.75, 3.05) is 19.6 Å². The molecule has 0 spiro atoms. The molecule has 128 valence electrons. The van der Waals surface area contributed by atoms with E-state index < -0.39 is 10.0 Å². The van der Waals surface area contributed by atoms with Crippen LogP contribution < -0.4 is 5.32 Å². The van der Waals surface area contributed by atoms with E-state index in [-0.39, 0.29) is 6.04 Å². The fourth-order valence-electron chi connectivity index (χ4n) is 3.38. The molecule has 1 aromatic heterocycles. The first-order valence-corrected chi connectivity index (χ1v) is 9.72. The van der Waals surface area contributed by atoms with Crippen molar-refractivity contribution >= 4 is 20.8 Å². The first-order chi connectivity index (χ1) is 12.2. The minimum Gasteiger partial charge on any atom is -0.313 e. The van der Waals surface area contributed by atoms with Crippen molar-refractivity contribution < 1.29 is 8.42 Å². The first kappa shape index (κ1) is 16.2. The molecule has 0 amide bonds. The molecular formula is C19H19N3O2S. The van der Waals surface area contributed by atoms with E-state index in [0.717, 1.165) is 10.9 Å². The number of hydrogen-bond acceptors (Lipinski definition) is 4. The Hall–Kier alpha value is -2.28. The Morgan fingerprint density at radius 1 is 1.04 bits per heavy atom. The monoisotopic (exact) mass is 353 g/mol. The molecule has 1 N–H and O–H groups in total. The van der Waals surface area contributed by atoms with Crippen LogP contribution >= 0.6 is 0 Å². The van der Waals surface area contributed by atoms with Gasteiger partial charge in [0.1, 0.15) is 0 Å². The topological polar surface area (TPSA) is 62.3 Å². The van der Waals surface area contributed by atoms with E-state index in [1.165, 1.54) is 0 Å². The third-order valence-corrected chi connectivity index (χ3v) is 6.57. The van der Waals surface area contributed by atoms with Gasteiger partial charge in [0.05, 0.1) is 10.9 Å². The third kappa shape index (κ3) is 2.93. The Bertz CT molecular complexity index is 984. The van der Waals surface area contributed by atoms with Crippen molar-refractivity contribution in [2.24, 2.45) is 0 Å². The van der Waals surface area contributed by atoms with E-state index >= 15 is 0 Å². The predicted molar refractivity (Wildman–Crippen MR) is 97.7 cm³/mol. The van der Waals surface area contributed by atoms with Crippen LogP contribution in [0.15, 0.2) is 71.9 Å². The average Bonchev–Trinajstić information content (AvgIpc) is 2.68. The smallest absolute Gasteiger partial charge is 0.244 e. The van der Waals surface area contributed by atoms with Crippen LogP contribution in [-0.2, 0) is 10.0 Å². The number of nitrogens with zero attached hydrogens (tertiary/aromatic N) is 2. The summed E-state index contributed by atoms with van der Waals surface area (Å²) in [7, 11) is -3.62. The Kier molecular flexibility index (Phi) is 4.25. The van der Waals surface area contributed by atoms with Gasteiger partial charge in [0.25, 0.3) is 0 Å². The summed E-state index contributed by atoms with van der Waals surface area (Å²) in [5, 5.41) is 4.85. The first-order valence-electron chi connectivity index (χ1n) is 8.28. The minimum absolute atomic E-state index is 0.211. The number of piperazine rings is 1. The van der Waals surface area contributed by atoms with Crippen LogP contribution in [0.4, 0.5) is 0 Å². The van der Waals surface area contributed by atoms with Gasteiger partial charge in [-0.1, -0.05) is 42.5 Å². The summed E-state index contributed by atoms with van der Waals surface area (Å²) in [6, 6.07) is 16.7. The van der Waals surface area contributed by atoms with E-state index in [4.69, 9.17) is 0 Å². The van der Waals surface area contributed by atoms with Crippen LogP contribution in [-0.4, -0.2) is 37.3 Å². The Balaban J connectivity index is 1.82. The lowest BCUT2D eigenvalue weighted by Crippen LogP contribution is -2.48. The lowest BCUT2D eigenvalue weighted by Gasteiger charge is -2.35. The summed E-state index contributed by atoms with van der Waals surface area (Å²) in [5.74, 6) is 0. The number of hydrogen-bond donors (Lipinski definition) is 1. The fraction of sp³-hybridized carbons (Fsp3) is 0.211. The molecule has 1 aliphatic heterocycles.